The average Bonchev–Trinajstić information content (AvgIpc) is 3.00. The molecule has 0 bridgehead atoms. The Labute approximate surface area is 136 Å². The molecule has 1 fully saturated rings. The first-order chi connectivity index (χ1) is 10.7. The number of hydrogen-bond acceptors (Lipinski definition) is 5. The molecular weight excluding hydrogens is 318 g/mol. The van der Waals surface area contributed by atoms with Crippen LogP contribution in [0.1, 0.15) is 19.8 Å². The van der Waals surface area contributed by atoms with E-state index in [2.05, 4.69) is 6.58 Å². The minimum atomic E-state index is -3.75. The Kier molecular flexibility index (Phi) is 5.06. The molecule has 1 aromatic carbocycles. The number of non-ortho nitro benzene ring substituents is 1. The second-order valence-electron chi connectivity index (χ2n) is 5.83. The van der Waals surface area contributed by atoms with Crippen LogP contribution < -0.4 is 4.90 Å². The van der Waals surface area contributed by atoms with E-state index in [-0.39, 0.29) is 10.6 Å². The van der Waals surface area contributed by atoms with Crippen molar-refractivity contribution in [2.24, 2.45) is 0 Å². The van der Waals surface area contributed by atoms with Gasteiger partial charge in [0, 0.05) is 38.8 Å². The van der Waals surface area contributed by atoms with Crippen LogP contribution >= 0.6 is 0 Å². The van der Waals surface area contributed by atoms with E-state index in [9.17, 15) is 18.5 Å². The van der Waals surface area contributed by atoms with Gasteiger partial charge in [0.05, 0.1) is 10.6 Å². The molecule has 1 saturated heterocycles. The molecule has 0 atom stereocenters. The fraction of sp³-hybridized carbons (Fsp3) is 0.467. The first kappa shape index (κ1) is 17.4. The molecule has 0 radical (unpaired) electrons. The number of nitro benzene ring substituents is 1. The van der Waals surface area contributed by atoms with Crippen LogP contribution in [0.15, 0.2) is 35.2 Å². The lowest BCUT2D eigenvalue weighted by atomic mass is 10.2. The van der Waals surface area contributed by atoms with Gasteiger partial charge in [0.15, 0.2) is 0 Å². The quantitative estimate of drug-likeness (QED) is 0.451. The summed E-state index contributed by atoms with van der Waals surface area (Å²) < 4.78 is 27.1. The van der Waals surface area contributed by atoms with Crippen LogP contribution in [0, 0.1) is 10.1 Å². The van der Waals surface area contributed by atoms with E-state index in [1.54, 1.807) is 11.9 Å². The molecule has 23 heavy (non-hydrogen) atoms. The molecule has 1 heterocycles. The van der Waals surface area contributed by atoms with Gasteiger partial charge in [-0.25, -0.2) is 8.42 Å². The molecule has 0 unspecified atom stereocenters. The van der Waals surface area contributed by atoms with Crippen LogP contribution in [0.4, 0.5) is 11.4 Å². The highest BCUT2D eigenvalue weighted by Crippen LogP contribution is 2.32. The number of hydrogen-bond donors (Lipinski definition) is 0. The summed E-state index contributed by atoms with van der Waals surface area (Å²) in [6.45, 7) is 7.05. The Morgan fingerprint density at radius 2 is 2.00 bits per heavy atom. The van der Waals surface area contributed by atoms with E-state index in [4.69, 9.17) is 0 Å². The molecule has 0 amide bonds. The van der Waals surface area contributed by atoms with Crippen LogP contribution in [0.25, 0.3) is 0 Å². The van der Waals surface area contributed by atoms with Crippen molar-refractivity contribution < 1.29 is 13.3 Å². The van der Waals surface area contributed by atoms with Crippen molar-refractivity contribution in [1.29, 1.82) is 0 Å². The molecule has 1 aliphatic heterocycles. The molecule has 1 aliphatic rings. The summed E-state index contributed by atoms with van der Waals surface area (Å²) >= 11 is 0. The predicted octanol–water partition coefficient (Wildman–Crippen LogP) is 2.39. The maximum absolute atomic E-state index is 12.9. The van der Waals surface area contributed by atoms with Crippen molar-refractivity contribution in [2.45, 2.75) is 24.7 Å². The van der Waals surface area contributed by atoms with E-state index in [1.807, 2.05) is 6.92 Å². The zero-order chi connectivity index (χ0) is 17.2. The summed E-state index contributed by atoms with van der Waals surface area (Å²) in [6, 6.07) is 3.97. The molecule has 0 aromatic heterocycles. The Balaban J connectivity index is 2.54. The lowest BCUT2D eigenvalue weighted by Gasteiger charge is -2.24. The van der Waals surface area contributed by atoms with Gasteiger partial charge in [0.2, 0.25) is 10.0 Å². The SMILES string of the molecule is C=C(C)CN(C)c1ccc([N+](=O)[O-])cc1S(=O)(=O)N1CCCC1. The summed E-state index contributed by atoms with van der Waals surface area (Å²) in [6.07, 6.45) is 1.62. The Hall–Kier alpha value is -1.93. The van der Waals surface area contributed by atoms with Gasteiger partial charge in [-0.15, -0.1) is 0 Å². The van der Waals surface area contributed by atoms with Crippen molar-refractivity contribution in [2.75, 3.05) is 31.6 Å². The summed E-state index contributed by atoms with van der Waals surface area (Å²) in [5, 5.41) is 11.0. The summed E-state index contributed by atoms with van der Waals surface area (Å²) in [4.78, 5) is 12.2. The summed E-state index contributed by atoms with van der Waals surface area (Å²) in [5.41, 5.74) is 1.09. The normalized spacial score (nSPS) is 15.6. The van der Waals surface area contributed by atoms with Crippen LogP contribution in [-0.4, -0.2) is 44.3 Å². The largest absolute Gasteiger partial charge is 0.370 e. The van der Waals surface area contributed by atoms with E-state index in [0.717, 1.165) is 24.5 Å². The predicted molar refractivity (Wildman–Crippen MR) is 89.2 cm³/mol. The fourth-order valence-electron chi connectivity index (χ4n) is 2.70. The first-order valence-electron chi connectivity index (χ1n) is 7.37. The third kappa shape index (κ3) is 3.70. The van der Waals surface area contributed by atoms with Crippen molar-refractivity contribution in [3.05, 3.63) is 40.5 Å². The molecule has 2 rings (SSSR count). The summed E-state index contributed by atoms with van der Waals surface area (Å²) in [5.74, 6) is 0. The maximum atomic E-state index is 12.9. The van der Waals surface area contributed by atoms with Crippen LogP contribution in [0.5, 0.6) is 0 Å². The minimum Gasteiger partial charge on any atom is -0.370 e. The van der Waals surface area contributed by atoms with Gasteiger partial charge in [0.25, 0.3) is 5.69 Å². The van der Waals surface area contributed by atoms with E-state index in [1.165, 1.54) is 16.4 Å². The molecule has 0 saturated carbocycles. The molecule has 0 aliphatic carbocycles. The second-order valence-corrected chi connectivity index (χ2v) is 7.74. The maximum Gasteiger partial charge on any atom is 0.270 e. The minimum absolute atomic E-state index is 0.0163. The van der Waals surface area contributed by atoms with E-state index >= 15 is 0 Å². The third-order valence-electron chi connectivity index (χ3n) is 3.76. The number of nitro groups is 1. The third-order valence-corrected chi connectivity index (χ3v) is 5.68. The monoisotopic (exact) mass is 339 g/mol. The number of rotatable bonds is 6. The lowest BCUT2D eigenvalue weighted by Crippen LogP contribution is -2.30. The van der Waals surface area contributed by atoms with Gasteiger partial charge < -0.3 is 4.90 Å². The van der Waals surface area contributed by atoms with Gasteiger partial charge in [-0.05, 0) is 25.8 Å². The zero-order valence-electron chi connectivity index (χ0n) is 13.4. The molecule has 8 heteroatoms. The Morgan fingerprint density at radius 3 is 2.52 bits per heavy atom. The van der Waals surface area contributed by atoms with Gasteiger partial charge >= 0.3 is 0 Å². The van der Waals surface area contributed by atoms with Crippen LogP contribution in [0.3, 0.4) is 0 Å². The van der Waals surface area contributed by atoms with Crippen molar-refractivity contribution in [1.82, 2.24) is 4.31 Å². The van der Waals surface area contributed by atoms with Gasteiger partial charge in [-0.2, -0.15) is 4.31 Å². The molecule has 1 aromatic rings. The fourth-order valence-corrected chi connectivity index (χ4v) is 4.47. The average molecular weight is 339 g/mol. The number of nitrogens with zero attached hydrogens (tertiary/aromatic N) is 3. The van der Waals surface area contributed by atoms with Gasteiger partial charge in [0.1, 0.15) is 4.90 Å². The highest BCUT2D eigenvalue weighted by atomic mass is 32.2. The first-order valence-corrected chi connectivity index (χ1v) is 8.81. The molecular formula is C15H21N3O4S. The Morgan fingerprint density at radius 1 is 1.39 bits per heavy atom. The topological polar surface area (TPSA) is 83.8 Å². The molecule has 0 spiro atoms. The standard InChI is InChI=1S/C15H21N3O4S/c1-12(2)11-16(3)14-7-6-13(18(19)20)10-15(14)23(21,22)17-8-4-5-9-17/h6-7,10H,1,4-5,8-9,11H2,2-3H3. The number of anilines is 1. The zero-order valence-corrected chi connectivity index (χ0v) is 14.2. The summed E-state index contributed by atoms with van der Waals surface area (Å²) in [7, 11) is -2.00. The van der Waals surface area contributed by atoms with E-state index < -0.39 is 14.9 Å². The highest BCUT2D eigenvalue weighted by molar-refractivity contribution is 7.89. The van der Waals surface area contributed by atoms with Crippen molar-refractivity contribution in [3.8, 4) is 0 Å². The number of likely N-dealkylation sites (N-methyl/N-ethyl adjacent to an activating group) is 1. The molecule has 126 valence electrons. The number of benzene rings is 1. The van der Waals surface area contributed by atoms with Gasteiger partial charge in [-0.3, -0.25) is 10.1 Å². The van der Waals surface area contributed by atoms with E-state index in [0.29, 0.717) is 25.3 Å². The molecule has 0 N–H and O–H groups in total. The molecule has 7 nitrogen and oxygen atoms in total. The Bertz CT molecular complexity index is 724. The van der Waals surface area contributed by atoms with Crippen LogP contribution in [0.2, 0.25) is 0 Å². The smallest absolute Gasteiger partial charge is 0.270 e. The van der Waals surface area contributed by atoms with Crippen molar-refractivity contribution >= 4 is 21.4 Å². The van der Waals surface area contributed by atoms with Gasteiger partial charge in [-0.1, -0.05) is 12.2 Å². The highest BCUT2D eigenvalue weighted by Gasteiger charge is 2.31. The van der Waals surface area contributed by atoms with Crippen molar-refractivity contribution in [3.63, 3.8) is 0 Å². The number of sulfonamides is 1. The van der Waals surface area contributed by atoms with Crippen LogP contribution in [-0.2, 0) is 10.0 Å². The lowest BCUT2D eigenvalue weighted by molar-refractivity contribution is -0.385. The second kappa shape index (κ2) is 6.67.